The van der Waals surface area contributed by atoms with E-state index in [1.165, 1.54) is 30.9 Å². The highest BCUT2D eigenvalue weighted by Gasteiger charge is 2.73. The SMILES string of the molecule is CC12CCC(C1)C1(C)Oc3ccc(-c4cccc(C(=O)O)c4C#CC=O)cc3C21C. The van der Waals surface area contributed by atoms with Gasteiger partial charge >= 0.3 is 5.97 Å². The van der Waals surface area contributed by atoms with Crippen LogP contribution in [0.15, 0.2) is 36.4 Å². The minimum absolute atomic E-state index is 0.0986. The first kappa shape index (κ1) is 18.9. The topological polar surface area (TPSA) is 63.6 Å². The molecule has 2 bridgehead atoms. The van der Waals surface area contributed by atoms with Crippen LogP contribution in [0.25, 0.3) is 11.1 Å². The molecule has 3 aliphatic rings. The average molecular weight is 400 g/mol. The van der Waals surface area contributed by atoms with Gasteiger partial charge in [-0.25, -0.2) is 4.79 Å². The normalized spacial score (nSPS) is 32.6. The number of carboxylic acid groups (broad SMARTS) is 1. The summed E-state index contributed by atoms with van der Waals surface area (Å²) in [6.45, 7) is 6.98. The van der Waals surface area contributed by atoms with E-state index in [-0.39, 0.29) is 22.0 Å². The van der Waals surface area contributed by atoms with Crippen molar-refractivity contribution in [2.75, 3.05) is 0 Å². The Balaban J connectivity index is 1.71. The Hall–Kier alpha value is -3.06. The smallest absolute Gasteiger partial charge is 0.336 e. The van der Waals surface area contributed by atoms with Gasteiger partial charge < -0.3 is 9.84 Å². The molecule has 0 spiro atoms. The summed E-state index contributed by atoms with van der Waals surface area (Å²) in [5, 5.41) is 9.62. The highest BCUT2D eigenvalue weighted by molar-refractivity contribution is 5.95. The monoisotopic (exact) mass is 400 g/mol. The number of carbonyl (C=O) groups is 2. The molecule has 4 unspecified atom stereocenters. The fourth-order valence-electron chi connectivity index (χ4n) is 6.56. The number of aromatic carboxylic acids is 1. The summed E-state index contributed by atoms with van der Waals surface area (Å²) in [5.74, 6) is 5.55. The molecular weight excluding hydrogens is 376 g/mol. The van der Waals surface area contributed by atoms with Gasteiger partial charge in [0.1, 0.15) is 11.4 Å². The Morgan fingerprint density at radius 3 is 2.77 bits per heavy atom. The van der Waals surface area contributed by atoms with Gasteiger partial charge in [-0.15, -0.1) is 0 Å². The van der Waals surface area contributed by atoms with Crippen LogP contribution < -0.4 is 4.74 Å². The molecule has 30 heavy (non-hydrogen) atoms. The van der Waals surface area contributed by atoms with Crippen molar-refractivity contribution < 1.29 is 19.4 Å². The third-order valence-corrected chi connectivity index (χ3v) is 8.42. The molecule has 2 aromatic rings. The van der Waals surface area contributed by atoms with E-state index in [4.69, 9.17) is 4.74 Å². The molecule has 2 aliphatic carbocycles. The third-order valence-electron chi connectivity index (χ3n) is 8.42. The summed E-state index contributed by atoms with van der Waals surface area (Å²) in [7, 11) is 0. The molecule has 4 nitrogen and oxygen atoms in total. The molecule has 2 saturated carbocycles. The number of aldehydes is 1. The molecule has 0 amide bonds. The van der Waals surface area contributed by atoms with Crippen molar-refractivity contribution in [2.24, 2.45) is 11.3 Å². The number of hydrogen-bond acceptors (Lipinski definition) is 3. The maximum Gasteiger partial charge on any atom is 0.336 e. The van der Waals surface area contributed by atoms with E-state index in [0.29, 0.717) is 17.8 Å². The zero-order valence-corrected chi connectivity index (χ0v) is 17.4. The molecule has 1 heterocycles. The second-order valence-corrected chi connectivity index (χ2v) is 9.47. The van der Waals surface area contributed by atoms with Crippen molar-refractivity contribution in [2.45, 2.75) is 51.0 Å². The van der Waals surface area contributed by atoms with Gasteiger partial charge in [-0.2, -0.15) is 0 Å². The summed E-state index contributed by atoms with van der Waals surface area (Å²) in [6, 6.07) is 11.2. The Morgan fingerprint density at radius 2 is 2.03 bits per heavy atom. The molecule has 2 fully saturated rings. The molecule has 5 rings (SSSR count). The first-order chi connectivity index (χ1) is 14.2. The molecule has 1 N–H and O–H groups in total. The molecule has 152 valence electrons. The van der Waals surface area contributed by atoms with Crippen LogP contribution in [0.1, 0.15) is 61.5 Å². The van der Waals surface area contributed by atoms with E-state index in [1.807, 2.05) is 18.2 Å². The summed E-state index contributed by atoms with van der Waals surface area (Å²) < 4.78 is 6.60. The van der Waals surface area contributed by atoms with Crippen molar-refractivity contribution in [3.63, 3.8) is 0 Å². The lowest BCUT2D eigenvalue weighted by atomic mass is 9.56. The number of hydrogen-bond donors (Lipinski definition) is 1. The van der Waals surface area contributed by atoms with Crippen LogP contribution in [0.3, 0.4) is 0 Å². The highest BCUT2D eigenvalue weighted by atomic mass is 16.5. The highest BCUT2D eigenvalue weighted by Crippen LogP contribution is 2.73. The van der Waals surface area contributed by atoms with Crippen LogP contribution in [0.5, 0.6) is 5.75 Å². The minimum atomic E-state index is -1.06. The number of fused-ring (bicyclic) bond motifs is 7. The van der Waals surface area contributed by atoms with E-state index < -0.39 is 5.97 Å². The van der Waals surface area contributed by atoms with Crippen molar-refractivity contribution in [1.82, 2.24) is 0 Å². The van der Waals surface area contributed by atoms with E-state index in [2.05, 4.69) is 38.7 Å². The predicted octanol–water partition coefficient (Wildman–Crippen LogP) is 4.83. The molecule has 1 aliphatic heterocycles. The van der Waals surface area contributed by atoms with Crippen LogP contribution in [-0.4, -0.2) is 23.0 Å². The first-order valence-corrected chi connectivity index (χ1v) is 10.4. The van der Waals surface area contributed by atoms with Gasteiger partial charge in [-0.1, -0.05) is 38.0 Å². The lowest BCUT2D eigenvalue weighted by Crippen LogP contribution is -2.54. The van der Waals surface area contributed by atoms with Gasteiger partial charge in [-0.05, 0) is 72.8 Å². The standard InChI is InChI=1S/C26H24O4/c1-24-12-11-17(15-24)26(3)25(24,2)21-14-16(9-10-22(21)30-26)18-6-4-7-20(23(28)29)19(18)8-5-13-27/h4,6-7,9-10,13-14,17H,11-12,15H2,1-3H3,(H,28,29). The zero-order valence-electron chi connectivity index (χ0n) is 17.4. The summed E-state index contributed by atoms with van der Waals surface area (Å²) in [6.07, 6.45) is 4.06. The second-order valence-electron chi connectivity index (χ2n) is 9.47. The van der Waals surface area contributed by atoms with Gasteiger partial charge in [-0.3, -0.25) is 4.79 Å². The molecule has 4 atom stereocenters. The molecule has 2 aromatic carbocycles. The van der Waals surface area contributed by atoms with E-state index in [9.17, 15) is 14.7 Å². The maximum atomic E-state index is 11.8. The summed E-state index contributed by atoms with van der Waals surface area (Å²) in [5.41, 5.74) is 3.13. The number of carboxylic acids is 1. The largest absolute Gasteiger partial charge is 0.486 e. The molecule has 0 aromatic heterocycles. The van der Waals surface area contributed by atoms with Gasteiger partial charge in [0.2, 0.25) is 0 Å². The number of carbonyl (C=O) groups excluding carboxylic acids is 1. The Morgan fingerprint density at radius 1 is 1.23 bits per heavy atom. The Kier molecular flexibility index (Phi) is 3.78. The maximum absolute atomic E-state index is 11.8. The second kappa shape index (κ2) is 5.98. The summed E-state index contributed by atoms with van der Waals surface area (Å²) >= 11 is 0. The van der Waals surface area contributed by atoms with Crippen LogP contribution in [-0.2, 0) is 10.2 Å². The van der Waals surface area contributed by atoms with E-state index in [1.54, 1.807) is 6.07 Å². The number of rotatable bonds is 2. The van der Waals surface area contributed by atoms with Gasteiger partial charge in [0.15, 0.2) is 6.29 Å². The summed E-state index contributed by atoms with van der Waals surface area (Å²) in [4.78, 5) is 22.6. The van der Waals surface area contributed by atoms with Gasteiger partial charge in [0.25, 0.3) is 0 Å². The average Bonchev–Trinajstić information content (AvgIpc) is 3.29. The van der Waals surface area contributed by atoms with Crippen molar-refractivity contribution in [3.05, 3.63) is 53.1 Å². The molecule has 0 saturated heterocycles. The third kappa shape index (κ3) is 2.13. The zero-order chi connectivity index (χ0) is 21.3. The van der Waals surface area contributed by atoms with Crippen LogP contribution in [0, 0.1) is 23.2 Å². The Labute approximate surface area is 176 Å². The fraction of sp³-hybridized carbons (Fsp3) is 0.385. The van der Waals surface area contributed by atoms with Crippen LogP contribution >= 0.6 is 0 Å². The quantitative estimate of drug-likeness (QED) is 0.579. The Bertz CT molecular complexity index is 1170. The number of benzene rings is 2. The van der Waals surface area contributed by atoms with Gasteiger partial charge in [0, 0.05) is 16.5 Å². The predicted molar refractivity (Wildman–Crippen MR) is 114 cm³/mol. The minimum Gasteiger partial charge on any atom is -0.486 e. The van der Waals surface area contributed by atoms with Crippen molar-refractivity contribution >= 4 is 12.3 Å². The van der Waals surface area contributed by atoms with E-state index in [0.717, 1.165) is 16.9 Å². The molecular formula is C26H24O4. The lowest BCUT2D eigenvalue weighted by molar-refractivity contribution is -0.103. The van der Waals surface area contributed by atoms with Crippen LogP contribution in [0.2, 0.25) is 0 Å². The van der Waals surface area contributed by atoms with Crippen LogP contribution in [0.4, 0.5) is 0 Å². The lowest BCUT2D eigenvalue weighted by Gasteiger charge is -2.48. The van der Waals surface area contributed by atoms with Gasteiger partial charge in [0.05, 0.1) is 5.56 Å². The first-order valence-electron chi connectivity index (χ1n) is 10.4. The molecule has 4 heteroatoms. The van der Waals surface area contributed by atoms with E-state index >= 15 is 0 Å². The van der Waals surface area contributed by atoms with Crippen molar-refractivity contribution in [3.8, 4) is 28.7 Å². The number of ether oxygens (including phenoxy) is 1. The van der Waals surface area contributed by atoms with Crippen molar-refractivity contribution in [1.29, 1.82) is 0 Å². The molecule has 0 radical (unpaired) electrons. The fourth-order valence-corrected chi connectivity index (χ4v) is 6.56.